The molecular weight excluding hydrogens is 258 g/mol. The molecule has 5 heteroatoms. The Hall–Kier alpha value is -0.490. The lowest BCUT2D eigenvalue weighted by Gasteiger charge is -2.34. The first kappa shape index (κ1) is 14.9. The van der Waals surface area contributed by atoms with Gasteiger partial charge in [-0.3, -0.25) is 4.90 Å². The third kappa shape index (κ3) is 3.99. The van der Waals surface area contributed by atoms with Gasteiger partial charge in [0.25, 0.3) is 0 Å². The second-order valence-corrected chi connectivity index (χ2v) is 7.32. The number of hydrogen-bond acceptors (Lipinski definition) is 5. The first-order valence-electron chi connectivity index (χ1n) is 6.90. The fraction of sp³-hybridized carbons (Fsp3) is 0.786. The molecule has 0 aromatic carbocycles. The minimum atomic E-state index is 0.0873. The molecule has 1 saturated heterocycles. The van der Waals surface area contributed by atoms with E-state index in [4.69, 9.17) is 15.5 Å². The highest BCUT2D eigenvalue weighted by molar-refractivity contribution is 7.09. The Kier molecular flexibility index (Phi) is 4.61. The average molecular weight is 283 g/mol. The fourth-order valence-electron chi connectivity index (χ4n) is 2.11. The molecule has 2 rings (SSSR count). The Morgan fingerprint density at radius 1 is 1.58 bits per heavy atom. The van der Waals surface area contributed by atoms with Crippen molar-refractivity contribution in [3.05, 3.63) is 16.1 Å². The number of ether oxygens (including phenoxy) is 1. The van der Waals surface area contributed by atoms with Gasteiger partial charge in [-0.15, -0.1) is 11.3 Å². The van der Waals surface area contributed by atoms with Crippen LogP contribution in [0.25, 0.3) is 0 Å². The molecule has 2 heterocycles. The normalized spacial score (nSPS) is 23.5. The zero-order valence-electron chi connectivity index (χ0n) is 12.3. The molecule has 19 heavy (non-hydrogen) atoms. The molecule has 108 valence electrons. The summed E-state index contributed by atoms with van der Waals surface area (Å²) in [6, 6.07) is 0.0873. The lowest BCUT2D eigenvalue weighted by molar-refractivity contribution is -0.0403. The Balaban J connectivity index is 1.95. The number of thiazole rings is 1. The van der Waals surface area contributed by atoms with Crippen LogP contribution in [0.4, 0.5) is 0 Å². The van der Waals surface area contributed by atoms with Crippen molar-refractivity contribution in [3.63, 3.8) is 0 Å². The Bertz CT molecular complexity index is 411. The number of aromatic nitrogens is 1. The second-order valence-electron chi connectivity index (χ2n) is 6.38. The van der Waals surface area contributed by atoms with E-state index in [1.165, 1.54) is 10.7 Å². The summed E-state index contributed by atoms with van der Waals surface area (Å²) >= 11 is 1.75. The molecule has 4 nitrogen and oxygen atoms in total. The largest absolute Gasteiger partial charge is 0.374 e. The summed E-state index contributed by atoms with van der Waals surface area (Å²) in [5, 5.41) is 3.37. The van der Waals surface area contributed by atoms with E-state index in [9.17, 15) is 0 Å². The standard InChI is InChI=1S/C14H25N3OS/c1-10(15)11-7-17(5-6-18-11)8-13-16-12(9-19-13)14(2,3)4/h9-11H,5-8,15H2,1-4H3. The maximum Gasteiger partial charge on any atom is 0.107 e. The highest BCUT2D eigenvalue weighted by Gasteiger charge is 2.24. The van der Waals surface area contributed by atoms with Crippen LogP contribution in [0.1, 0.15) is 38.4 Å². The summed E-state index contributed by atoms with van der Waals surface area (Å²) < 4.78 is 5.68. The van der Waals surface area contributed by atoms with E-state index in [-0.39, 0.29) is 17.6 Å². The van der Waals surface area contributed by atoms with Crippen molar-refractivity contribution in [3.8, 4) is 0 Å². The van der Waals surface area contributed by atoms with Gasteiger partial charge in [-0.05, 0) is 6.92 Å². The van der Waals surface area contributed by atoms with E-state index in [0.29, 0.717) is 0 Å². The molecule has 0 radical (unpaired) electrons. The smallest absolute Gasteiger partial charge is 0.107 e. The molecule has 0 amide bonds. The number of hydrogen-bond donors (Lipinski definition) is 1. The molecule has 0 spiro atoms. The van der Waals surface area contributed by atoms with Crippen molar-refractivity contribution in [1.29, 1.82) is 0 Å². The molecule has 2 atom stereocenters. The van der Waals surface area contributed by atoms with Crippen molar-refractivity contribution < 1.29 is 4.74 Å². The van der Waals surface area contributed by atoms with E-state index in [1.807, 2.05) is 6.92 Å². The van der Waals surface area contributed by atoms with Gasteiger partial charge in [0.05, 0.1) is 24.9 Å². The van der Waals surface area contributed by atoms with Crippen LogP contribution < -0.4 is 5.73 Å². The highest BCUT2D eigenvalue weighted by Crippen LogP contribution is 2.24. The topological polar surface area (TPSA) is 51.4 Å². The molecule has 0 aliphatic carbocycles. The molecule has 2 unspecified atom stereocenters. The quantitative estimate of drug-likeness (QED) is 0.921. The molecule has 1 aliphatic rings. The van der Waals surface area contributed by atoms with E-state index in [2.05, 4.69) is 31.1 Å². The monoisotopic (exact) mass is 283 g/mol. The summed E-state index contributed by atoms with van der Waals surface area (Å²) in [4.78, 5) is 7.14. The summed E-state index contributed by atoms with van der Waals surface area (Å²) in [5.74, 6) is 0. The minimum Gasteiger partial charge on any atom is -0.374 e. The average Bonchev–Trinajstić information content (AvgIpc) is 2.77. The summed E-state index contributed by atoms with van der Waals surface area (Å²) in [6.07, 6.45) is 0.149. The maximum absolute atomic E-state index is 5.92. The Morgan fingerprint density at radius 3 is 2.89 bits per heavy atom. The summed E-state index contributed by atoms with van der Waals surface area (Å²) in [6.45, 7) is 12.2. The predicted octanol–water partition coefficient (Wildman–Crippen LogP) is 1.99. The van der Waals surface area contributed by atoms with Crippen LogP contribution in [0.15, 0.2) is 5.38 Å². The maximum atomic E-state index is 5.92. The van der Waals surface area contributed by atoms with Gasteiger partial charge in [0, 0.05) is 29.9 Å². The van der Waals surface area contributed by atoms with Crippen LogP contribution >= 0.6 is 11.3 Å². The third-order valence-corrected chi connectivity index (χ3v) is 4.28. The predicted molar refractivity (Wildman–Crippen MR) is 79.5 cm³/mol. The van der Waals surface area contributed by atoms with Gasteiger partial charge in [0.15, 0.2) is 0 Å². The highest BCUT2D eigenvalue weighted by atomic mass is 32.1. The molecule has 1 fully saturated rings. The molecule has 2 N–H and O–H groups in total. The van der Waals surface area contributed by atoms with Gasteiger partial charge >= 0.3 is 0 Å². The van der Waals surface area contributed by atoms with Gasteiger partial charge in [-0.2, -0.15) is 0 Å². The van der Waals surface area contributed by atoms with E-state index in [1.54, 1.807) is 11.3 Å². The van der Waals surface area contributed by atoms with Crippen molar-refractivity contribution in [1.82, 2.24) is 9.88 Å². The van der Waals surface area contributed by atoms with Crippen LogP contribution in [0.5, 0.6) is 0 Å². The van der Waals surface area contributed by atoms with Crippen molar-refractivity contribution in [2.24, 2.45) is 5.73 Å². The number of nitrogens with two attached hydrogens (primary N) is 1. The molecule has 0 saturated carbocycles. The van der Waals surface area contributed by atoms with Gasteiger partial charge in [-0.1, -0.05) is 20.8 Å². The summed E-state index contributed by atoms with van der Waals surface area (Å²) in [7, 11) is 0. The number of rotatable bonds is 3. The van der Waals surface area contributed by atoms with Gasteiger partial charge < -0.3 is 10.5 Å². The van der Waals surface area contributed by atoms with Crippen LogP contribution in [0.2, 0.25) is 0 Å². The van der Waals surface area contributed by atoms with Crippen molar-refractivity contribution in [2.75, 3.05) is 19.7 Å². The third-order valence-electron chi connectivity index (χ3n) is 3.44. The zero-order valence-corrected chi connectivity index (χ0v) is 13.2. The van der Waals surface area contributed by atoms with Crippen molar-refractivity contribution >= 4 is 11.3 Å². The number of morpholine rings is 1. The molecular formula is C14H25N3OS. The summed E-state index contributed by atoms with van der Waals surface area (Å²) in [5.41, 5.74) is 7.24. The van der Waals surface area contributed by atoms with Crippen LogP contribution in [0.3, 0.4) is 0 Å². The van der Waals surface area contributed by atoms with Gasteiger partial charge in [0.1, 0.15) is 5.01 Å². The van der Waals surface area contributed by atoms with Crippen LogP contribution in [-0.4, -0.2) is 41.7 Å². The molecule has 0 bridgehead atoms. The number of nitrogens with zero attached hydrogens (tertiary/aromatic N) is 2. The van der Waals surface area contributed by atoms with Crippen molar-refractivity contribution in [2.45, 2.75) is 51.8 Å². The lowest BCUT2D eigenvalue weighted by Crippen LogP contribution is -2.49. The van der Waals surface area contributed by atoms with E-state index >= 15 is 0 Å². The second kappa shape index (κ2) is 5.87. The van der Waals surface area contributed by atoms with E-state index < -0.39 is 0 Å². The van der Waals surface area contributed by atoms with Gasteiger partial charge in [-0.25, -0.2) is 4.98 Å². The van der Waals surface area contributed by atoms with Gasteiger partial charge in [0.2, 0.25) is 0 Å². The Morgan fingerprint density at radius 2 is 2.32 bits per heavy atom. The molecule has 1 aromatic rings. The fourth-order valence-corrected chi connectivity index (χ4v) is 3.17. The van der Waals surface area contributed by atoms with Crippen LogP contribution in [-0.2, 0) is 16.7 Å². The Labute approximate surface area is 120 Å². The minimum absolute atomic E-state index is 0.0873. The SMILES string of the molecule is CC(N)C1CN(Cc2nc(C(C)(C)C)cs2)CCO1. The zero-order chi connectivity index (χ0) is 14.0. The first-order chi connectivity index (χ1) is 8.86. The molecule has 1 aliphatic heterocycles. The first-order valence-corrected chi connectivity index (χ1v) is 7.78. The van der Waals surface area contributed by atoms with Crippen LogP contribution in [0, 0.1) is 0 Å². The van der Waals surface area contributed by atoms with E-state index in [0.717, 1.165) is 26.2 Å². The lowest BCUT2D eigenvalue weighted by atomic mass is 9.93. The molecule has 1 aromatic heterocycles.